The predicted molar refractivity (Wildman–Crippen MR) is 112 cm³/mol. The van der Waals surface area contributed by atoms with Crippen LogP contribution in [0.3, 0.4) is 0 Å². The number of hydrogen-bond acceptors (Lipinski definition) is 6. The van der Waals surface area contributed by atoms with Crippen LogP contribution in [0.5, 0.6) is 0 Å². The Morgan fingerprint density at radius 1 is 1.21 bits per heavy atom. The average Bonchev–Trinajstić information content (AvgIpc) is 3.38. The fourth-order valence-corrected chi connectivity index (χ4v) is 3.85. The molecule has 7 heteroatoms. The lowest BCUT2D eigenvalue weighted by atomic mass is 10.0. The Morgan fingerprint density at radius 2 is 2.04 bits per heavy atom. The summed E-state index contributed by atoms with van der Waals surface area (Å²) in [6.07, 6.45) is 1.65. The third-order valence-electron chi connectivity index (χ3n) is 4.47. The standard InChI is InChI=1S/C21H20N6S/c1-26(2)13-15-5-7-16(8-6-15)19-10-17(11-22)20(27-14-24-25-21(19)27)23-12-18-4-3-9-28-18/h3-10,14,23H,12-13H2,1-2H3. The van der Waals surface area contributed by atoms with Crippen molar-refractivity contribution in [3.05, 3.63) is 70.2 Å². The van der Waals surface area contributed by atoms with Crippen molar-refractivity contribution in [2.24, 2.45) is 0 Å². The molecule has 0 unspecified atom stereocenters. The molecule has 4 aromatic rings. The highest BCUT2D eigenvalue weighted by Crippen LogP contribution is 2.30. The van der Waals surface area contributed by atoms with E-state index in [1.165, 1.54) is 10.4 Å². The Kier molecular flexibility index (Phi) is 5.06. The Balaban J connectivity index is 1.73. The van der Waals surface area contributed by atoms with Crippen LogP contribution in [0, 0.1) is 11.3 Å². The van der Waals surface area contributed by atoms with E-state index in [0.717, 1.165) is 23.3 Å². The van der Waals surface area contributed by atoms with Crippen LogP contribution in [0.15, 0.2) is 54.2 Å². The zero-order valence-electron chi connectivity index (χ0n) is 15.8. The van der Waals surface area contributed by atoms with Crippen molar-refractivity contribution in [3.63, 3.8) is 0 Å². The highest BCUT2D eigenvalue weighted by molar-refractivity contribution is 7.09. The predicted octanol–water partition coefficient (Wildman–Crippen LogP) is 4.00. The first kappa shape index (κ1) is 18.2. The highest BCUT2D eigenvalue weighted by Gasteiger charge is 2.15. The molecular formula is C21H20N6S. The summed E-state index contributed by atoms with van der Waals surface area (Å²) in [5.41, 5.74) is 4.44. The molecule has 0 aliphatic heterocycles. The minimum atomic E-state index is 0.566. The maximum atomic E-state index is 9.74. The highest BCUT2D eigenvalue weighted by atomic mass is 32.1. The number of nitrogens with zero attached hydrogens (tertiary/aromatic N) is 5. The summed E-state index contributed by atoms with van der Waals surface area (Å²) in [7, 11) is 4.10. The molecule has 0 radical (unpaired) electrons. The fourth-order valence-electron chi connectivity index (χ4n) is 3.21. The molecular weight excluding hydrogens is 368 g/mol. The summed E-state index contributed by atoms with van der Waals surface area (Å²) >= 11 is 1.68. The lowest BCUT2D eigenvalue weighted by Crippen LogP contribution is -2.10. The van der Waals surface area contributed by atoms with E-state index >= 15 is 0 Å². The van der Waals surface area contributed by atoms with Gasteiger partial charge < -0.3 is 10.2 Å². The molecule has 4 rings (SSSR count). The summed E-state index contributed by atoms with van der Waals surface area (Å²) in [5, 5.41) is 23.5. The molecule has 0 saturated heterocycles. The summed E-state index contributed by atoms with van der Waals surface area (Å²) in [5.74, 6) is 0.712. The Bertz CT molecular complexity index is 1120. The lowest BCUT2D eigenvalue weighted by Gasteiger charge is -2.13. The van der Waals surface area contributed by atoms with Crippen molar-refractivity contribution < 1.29 is 0 Å². The van der Waals surface area contributed by atoms with Crippen molar-refractivity contribution in [2.75, 3.05) is 19.4 Å². The number of aromatic nitrogens is 3. The van der Waals surface area contributed by atoms with E-state index < -0.39 is 0 Å². The molecule has 0 aliphatic carbocycles. The van der Waals surface area contributed by atoms with Gasteiger partial charge in [-0.3, -0.25) is 4.40 Å². The van der Waals surface area contributed by atoms with Gasteiger partial charge in [0.15, 0.2) is 5.65 Å². The molecule has 0 spiro atoms. The van der Waals surface area contributed by atoms with E-state index in [1.807, 2.05) is 21.9 Å². The van der Waals surface area contributed by atoms with Crippen molar-refractivity contribution >= 4 is 22.8 Å². The number of hydrogen-bond donors (Lipinski definition) is 1. The van der Waals surface area contributed by atoms with Gasteiger partial charge in [0.1, 0.15) is 18.2 Å². The quantitative estimate of drug-likeness (QED) is 0.541. The van der Waals surface area contributed by atoms with Crippen LogP contribution in [0.4, 0.5) is 5.82 Å². The monoisotopic (exact) mass is 388 g/mol. The summed E-state index contributed by atoms with van der Waals surface area (Å²) in [6.45, 7) is 1.54. The molecule has 28 heavy (non-hydrogen) atoms. The largest absolute Gasteiger partial charge is 0.365 e. The second kappa shape index (κ2) is 7.80. The lowest BCUT2D eigenvalue weighted by molar-refractivity contribution is 0.402. The van der Waals surface area contributed by atoms with Crippen molar-refractivity contribution in [3.8, 4) is 17.2 Å². The molecule has 6 nitrogen and oxygen atoms in total. The van der Waals surface area contributed by atoms with Crippen LogP contribution in [0.25, 0.3) is 16.8 Å². The fraction of sp³-hybridized carbons (Fsp3) is 0.190. The minimum absolute atomic E-state index is 0.566. The molecule has 0 atom stereocenters. The van der Waals surface area contributed by atoms with Gasteiger partial charge in [0.25, 0.3) is 0 Å². The smallest absolute Gasteiger partial charge is 0.170 e. The second-order valence-corrected chi connectivity index (χ2v) is 7.86. The third kappa shape index (κ3) is 3.60. The SMILES string of the molecule is CN(C)Cc1ccc(-c2cc(C#N)c(NCc3cccs3)n3cnnc23)cc1. The first-order valence-electron chi connectivity index (χ1n) is 8.93. The number of fused-ring (bicyclic) bond motifs is 1. The normalized spacial score (nSPS) is 11.1. The molecule has 0 bridgehead atoms. The maximum absolute atomic E-state index is 9.74. The number of anilines is 1. The van der Waals surface area contributed by atoms with Crippen LogP contribution in [0.2, 0.25) is 0 Å². The number of rotatable bonds is 6. The van der Waals surface area contributed by atoms with Gasteiger partial charge in [-0.05, 0) is 42.7 Å². The van der Waals surface area contributed by atoms with E-state index in [1.54, 1.807) is 17.7 Å². The maximum Gasteiger partial charge on any atom is 0.170 e. The summed E-state index contributed by atoms with van der Waals surface area (Å²) in [4.78, 5) is 3.33. The number of pyridine rings is 1. The van der Waals surface area contributed by atoms with Crippen LogP contribution < -0.4 is 5.32 Å². The van der Waals surface area contributed by atoms with Crippen LogP contribution in [-0.2, 0) is 13.1 Å². The average molecular weight is 389 g/mol. The summed E-state index contributed by atoms with van der Waals surface area (Å²) < 4.78 is 1.86. The molecule has 1 aromatic carbocycles. The minimum Gasteiger partial charge on any atom is -0.365 e. The van der Waals surface area contributed by atoms with E-state index in [2.05, 4.69) is 70.9 Å². The molecule has 3 heterocycles. The molecule has 0 fully saturated rings. The molecule has 3 aromatic heterocycles. The van der Waals surface area contributed by atoms with Gasteiger partial charge in [0, 0.05) is 17.0 Å². The number of benzene rings is 1. The van der Waals surface area contributed by atoms with Crippen LogP contribution in [-0.4, -0.2) is 33.6 Å². The van der Waals surface area contributed by atoms with E-state index in [-0.39, 0.29) is 0 Å². The zero-order valence-corrected chi connectivity index (χ0v) is 16.6. The van der Waals surface area contributed by atoms with E-state index in [9.17, 15) is 5.26 Å². The van der Waals surface area contributed by atoms with E-state index in [4.69, 9.17) is 0 Å². The molecule has 0 saturated carbocycles. The van der Waals surface area contributed by atoms with Gasteiger partial charge in [-0.1, -0.05) is 30.3 Å². The van der Waals surface area contributed by atoms with Gasteiger partial charge in [0.05, 0.1) is 12.1 Å². The molecule has 0 amide bonds. The van der Waals surface area contributed by atoms with Crippen LogP contribution in [0.1, 0.15) is 16.0 Å². The van der Waals surface area contributed by atoms with Gasteiger partial charge in [0.2, 0.25) is 0 Å². The second-order valence-electron chi connectivity index (χ2n) is 6.82. The first-order valence-corrected chi connectivity index (χ1v) is 9.81. The number of nitrogens with one attached hydrogen (secondary N) is 1. The topological polar surface area (TPSA) is 69.2 Å². The Hall–Kier alpha value is -3.21. The van der Waals surface area contributed by atoms with Crippen molar-refractivity contribution in [2.45, 2.75) is 13.1 Å². The molecule has 0 aliphatic rings. The van der Waals surface area contributed by atoms with Gasteiger partial charge in [-0.15, -0.1) is 21.5 Å². The van der Waals surface area contributed by atoms with Gasteiger partial charge in [-0.2, -0.15) is 5.26 Å². The van der Waals surface area contributed by atoms with E-state index in [0.29, 0.717) is 17.9 Å². The Morgan fingerprint density at radius 3 is 2.71 bits per heavy atom. The van der Waals surface area contributed by atoms with Crippen molar-refractivity contribution in [1.82, 2.24) is 19.5 Å². The first-order chi connectivity index (χ1) is 13.7. The molecule has 140 valence electrons. The third-order valence-corrected chi connectivity index (χ3v) is 5.34. The number of nitriles is 1. The summed E-state index contributed by atoms with van der Waals surface area (Å²) in [6, 6.07) is 16.6. The Labute approximate surface area is 167 Å². The zero-order chi connectivity index (χ0) is 19.5. The number of thiophene rings is 1. The van der Waals surface area contributed by atoms with Gasteiger partial charge in [-0.25, -0.2) is 0 Å². The molecule has 1 N–H and O–H groups in total. The van der Waals surface area contributed by atoms with Gasteiger partial charge >= 0.3 is 0 Å². The van der Waals surface area contributed by atoms with Crippen molar-refractivity contribution in [1.29, 1.82) is 5.26 Å². The van der Waals surface area contributed by atoms with Crippen LogP contribution >= 0.6 is 11.3 Å².